The number of carbonyl (C=O) groups excluding carboxylic acids is 1. The number of benzene rings is 2. The summed E-state index contributed by atoms with van der Waals surface area (Å²) in [5, 5.41) is 0.962. The molecule has 1 saturated heterocycles. The Morgan fingerprint density at radius 1 is 1.03 bits per heavy atom. The molecule has 0 aliphatic carbocycles. The van der Waals surface area contributed by atoms with Crippen LogP contribution in [0.4, 0.5) is 0 Å². The van der Waals surface area contributed by atoms with Gasteiger partial charge in [0.05, 0.1) is 22.7 Å². The molecule has 0 radical (unpaired) electrons. The molecular formula is C22H23ClN4O3S2. The highest BCUT2D eigenvalue weighted by molar-refractivity contribution is 7.99. The van der Waals surface area contributed by atoms with Crippen molar-refractivity contribution < 1.29 is 13.2 Å². The monoisotopic (exact) mass is 490 g/mol. The minimum absolute atomic E-state index is 0.0333. The molecule has 0 spiro atoms. The number of halogens is 1. The lowest BCUT2D eigenvalue weighted by Crippen LogP contribution is -2.51. The summed E-state index contributed by atoms with van der Waals surface area (Å²) in [6.45, 7) is 1.17. The number of sulfonamides is 1. The highest BCUT2D eigenvalue weighted by Crippen LogP contribution is 2.26. The number of nitrogens with zero attached hydrogens (tertiary/aromatic N) is 4. The maximum absolute atomic E-state index is 12.9. The van der Waals surface area contributed by atoms with E-state index in [4.69, 9.17) is 11.6 Å². The topological polar surface area (TPSA) is 75.5 Å². The van der Waals surface area contributed by atoms with Crippen LogP contribution in [0.15, 0.2) is 70.8 Å². The number of carbonyl (C=O) groups is 1. The van der Waals surface area contributed by atoms with Crippen LogP contribution in [0.5, 0.6) is 0 Å². The molecule has 1 aliphatic rings. The van der Waals surface area contributed by atoms with Crippen LogP contribution in [-0.2, 0) is 21.9 Å². The second-order valence-electron chi connectivity index (χ2n) is 7.36. The predicted octanol–water partition coefficient (Wildman–Crippen LogP) is 3.37. The molecule has 168 valence electrons. The van der Waals surface area contributed by atoms with E-state index in [1.807, 2.05) is 41.9 Å². The molecular weight excluding hydrogens is 468 g/mol. The second kappa shape index (κ2) is 9.66. The lowest BCUT2D eigenvalue weighted by molar-refractivity contribution is -0.129. The van der Waals surface area contributed by atoms with Crippen molar-refractivity contribution in [1.82, 2.24) is 18.8 Å². The molecule has 0 unspecified atom stereocenters. The van der Waals surface area contributed by atoms with Crippen LogP contribution in [0.1, 0.15) is 0 Å². The van der Waals surface area contributed by atoms with Crippen LogP contribution >= 0.6 is 23.4 Å². The van der Waals surface area contributed by atoms with Crippen molar-refractivity contribution in [3.63, 3.8) is 0 Å². The van der Waals surface area contributed by atoms with Gasteiger partial charge in [-0.25, -0.2) is 13.4 Å². The van der Waals surface area contributed by atoms with Gasteiger partial charge in [-0.05, 0) is 17.7 Å². The number of rotatable bonds is 6. The number of aromatic nitrogens is 2. The molecule has 32 heavy (non-hydrogen) atoms. The van der Waals surface area contributed by atoms with Gasteiger partial charge in [0.15, 0.2) is 5.16 Å². The van der Waals surface area contributed by atoms with Crippen LogP contribution in [-0.4, -0.2) is 65.0 Å². The lowest BCUT2D eigenvalue weighted by atomic mass is 10.2. The summed E-state index contributed by atoms with van der Waals surface area (Å²) in [6.07, 6.45) is 1.81. The van der Waals surface area contributed by atoms with E-state index in [-0.39, 0.29) is 34.7 Å². The Morgan fingerprint density at radius 3 is 2.38 bits per heavy atom. The van der Waals surface area contributed by atoms with Crippen molar-refractivity contribution in [2.75, 3.05) is 31.9 Å². The van der Waals surface area contributed by atoms with Crippen molar-refractivity contribution in [1.29, 1.82) is 0 Å². The van der Waals surface area contributed by atoms with Crippen molar-refractivity contribution in [3.05, 3.63) is 65.8 Å². The molecule has 1 fully saturated rings. The normalized spacial score (nSPS) is 15.1. The first kappa shape index (κ1) is 22.8. The first-order valence-corrected chi connectivity index (χ1v) is 12.9. The fourth-order valence-electron chi connectivity index (χ4n) is 3.59. The summed E-state index contributed by atoms with van der Waals surface area (Å²) in [5.41, 5.74) is 2.05. The van der Waals surface area contributed by atoms with Gasteiger partial charge in [0, 0.05) is 33.2 Å². The number of thioether (sulfide) groups is 1. The number of amides is 1. The van der Waals surface area contributed by atoms with E-state index in [1.54, 1.807) is 29.3 Å². The molecule has 0 saturated carbocycles. The second-order valence-corrected chi connectivity index (χ2v) is 10.6. The number of hydrogen-bond donors (Lipinski definition) is 0. The molecule has 4 rings (SSSR count). The van der Waals surface area contributed by atoms with Gasteiger partial charge in [-0.1, -0.05) is 65.8 Å². The molecule has 0 atom stereocenters. The zero-order valence-corrected chi connectivity index (χ0v) is 19.9. The van der Waals surface area contributed by atoms with Crippen molar-refractivity contribution in [3.8, 4) is 11.3 Å². The molecule has 1 amide bonds. The highest BCUT2D eigenvalue weighted by atomic mass is 35.5. The molecule has 0 N–H and O–H groups in total. The summed E-state index contributed by atoms with van der Waals surface area (Å²) < 4.78 is 29.1. The van der Waals surface area contributed by atoms with Gasteiger partial charge in [-0.15, -0.1) is 0 Å². The third kappa shape index (κ3) is 4.71. The third-order valence-electron chi connectivity index (χ3n) is 5.39. The van der Waals surface area contributed by atoms with Gasteiger partial charge >= 0.3 is 0 Å². The van der Waals surface area contributed by atoms with E-state index in [0.717, 1.165) is 16.4 Å². The quantitative estimate of drug-likeness (QED) is 0.495. The Morgan fingerprint density at radius 2 is 1.69 bits per heavy atom. The number of piperazine rings is 1. The third-order valence-corrected chi connectivity index (χ3v) is 8.81. The fraction of sp³-hybridized carbons (Fsp3) is 0.273. The molecule has 0 bridgehead atoms. The molecule has 10 heteroatoms. The molecule has 7 nitrogen and oxygen atoms in total. The minimum atomic E-state index is -3.68. The van der Waals surface area contributed by atoms with Crippen LogP contribution in [0.3, 0.4) is 0 Å². The summed E-state index contributed by atoms with van der Waals surface area (Å²) in [4.78, 5) is 19.0. The fourth-order valence-corrected chi connectivity index (χ4v) is 6.36. The van der Waals surface area contributed by atoms with E-state index in [0.29, 0.717) is 13.1 Å². The summed E-state index contributed by atoms with van der Waals surface area (Å²) in [6, 6.07) is 16.4. The number of hydrogen-bond acceptors (Lipinski definition) is 5. The maximum Gasteiger partial charge on any atom is 0.244 e. The Balaban J connectivity index is 1.34. The Bertz CT molecular complexity index is 1210. The summed E-state index contributed by atoms with van der Waals surface area (Å²) >= 11 is 7.46. The Kier molecular flexibility index (Phi) is 6.90. The van der Waals surface area contributed by atoms with E-state index in [1.165, 1.54) is 22.1 Å². The average molecular weight is 491 g/mol. The zero-order chi connectivity index (χ0) is 22.7. The van der Waals surface area contributed by atoms with E-state index in [2.05, 4.69) is 4.98 Å². The van der Waals surface area contributed by atoms with Crippen molar-refractivity contribution in [2.24, 2.45) is 7.05 Å². The highest BCUT2D eigenvalue weighted by Gasteiger charge is 2.31. The smallest absolute Gasteiger partial charge is 0.244 e. The van der Waals surface area contributed by atoms with E-state index in [9.17, 15) is 13.2 Å². The van der Waals surface area contributed by atoms with Crippen LogP contribution in [0.25, 0.3) is 11.3 Å². The van der Waals surface area contributed by atoms with Crippen LogP contribution in [0.2, 0.25) is 5.02 Å². The first-order valence-electron chi connectivity index (χ1n) is 10.1. The molecule has 3 aromatic rings. The maximum atomic E-state index is 12.9. The van der Waals surface area contributed by atoms with Gasteiger partial charge < -0.3 is 9.47 Å². The Labute approximate surface area is 197 Å². The SMILES string of the molecule is Cn1c(-c2ccccc2)cnc1SCC(=O)N1CCN(S(=O)(=O)c2ccccc2Cl)CC1. The van der Waals surface area contributed by atoms with Gasteiger partial charge in [0.25, 0.3) is 0 Å². The number of imidazole rings is 1. The molecule has 1 aromatic heterocycles. The van der Waals surface area contributed by atoms with Gasteiger partial charge in [-0.3, -0.25) is 4.79 Å². The van der Waals surface area contributed by atoms with Crippen molar-refractivity contribution >= 4 is 39.3 Å². The predicted molar refractivity (Wildman–Crippen MR) is 126 cm³/mol. The van der Waals surface area contributed by atoms with Crippen molar-refractivity contribution in [2.45, 2.75) is 10.1 Å². The largest absolute Gasteiger partial charge is 0.339 e. The standard InChI is InChI=1S/C22H23ClN4O3S2/c1-25-19(17-7-3-2-4-8-17)15-24-22(25)31-16-21(28)26-11-13-27(14-12-26)32(29,30)20-10-6-5-9-18(20)23/h2-10,15H,11-14,16H2,1H3. The first-order chi connectivity index (χ1) is 15.4. The average Bonchev–Trinajstić information content (AvgIpc) is 3.18. The van der Waals surface area contributed by atoms with Gasteiger partial charge in [0.2, 0.25) is 15.9 Å². The van der Waals surface area contributed by atoms with E-state index >= 15 is 0 Å². The molecule has 2 heterocycles. The van der Waals surface area contributed by atoms with Crippen LogP contribution in [0, 0.1) is 0 Å². The van der Waals surface area contributed by atoms with Gasteiger partial charge in [0.1, 0.15) is 4.90 Å². The lowest BCUT2D eigenvalue weighted by Gasteiger charge is -2.34. The molecule has 1 aliphatic heterocycles. The van der Waals surface area contributed by atoms with Crippen LogP contribution < -0.4 is 0 Å². The van der Waals surface area contributed by atoms with Gasteiger partial charge in [-0.2, -0.15) is 4.31 Å². The minimum Gasteiger partial charge on any atom is -0.339 e. The Hall–Kier alpha value is -2.33. The summed E-state index contributed by atoms with van der Waals surface area (Å²) in [5.74, 6) is 0.213. The zero-order valence-electron chi connectivity index (χ0n) is 17.5. The van der Waals surface area contributed by atoms with E-state index < -0.39 is 10.0 Å². The summed E-state index contributed by atoms with van der Waals surface area (Å²) in [7, 11) is -1.75. The molecule has 2 aromatic carbocycles.